The smallest absolute Gasteiger partial charge is 0.293 e. The Bertz CT molecular complexity index is 1000. The van der Waals surface area contributed by atoms with Crippen molar-refractivity contribution in [2.24, 2.45) is 5.92 Å². The Labute approximate surface area is 226 Å². The van der Waals surface area contributed by atoms with Crippen LogP contribution in [0.5, 0.6) is 0 Å². The Morgan fingerprint density at radius 2 is 1.82 bits per heavy atom. The first-order chi connectivity index (χ1) is 18.2. The lowest BCUT2D eigenvalue weighted by Gasteiger charge is -2.21. The zero-order chi connectivity index (χ0) is 28.1. The van der Waals surface area contributed by atoms with E-state index in [1.807, 2.05) is 6.26 Å². The summed E-state index contributed by atoms with van der Waals surface area (Å²) >= 11 is 1.38. The average molecular weight is 549 g/mol. The fraction of sp³-hybridized carbons (Fsp3) is 0.538. The largest absolute Gasteiger partial charge is 0.463 e. The van der Waals surface area contributed by atoms with Gasteiger partial charge in [-0.3, -0.25) is 33.7 Å². The molecule has 1 aromatic carbocycles. The van der Waals surface area contributed by atoms with Crippen LogP contribution in [0.1, 0.15) is 51.5 Å². The molecule has 1 saturated heterocycles. The number of benzene rings is 1. The highest BCUT2D eigenvalue weighted by Gasteiger charge is 2.37. The second-order valence-electron chi connectivity index (χ2n) is 9.28. The predicted molar refractivity (Wildman–Crippen MR) is 143 cm³/mol. The van der Waals surface area contributed by atoms with E-state index >= 15 is 0 Å². The molecule has 0 bridgehead atoms. The number of carbonyl (C=O) groups excluding carboxylic acids is 6. The summed E-state index contributed by atoms with van der Waals surface area (Å²) in [5, 5.41) is 7.66. The van der Waals surface area contributed by atoms with E-state index in [2.05, 4.69) is 20.7 Å². The third-order valence-electron chi connectivity index (χ3n) is 6.02. The Morgan fingerprint density at radius 1 is 1.11 bits per heavy atom. The van der Waals surface area contributed by atoms with Crippen molar-refractivity contribution in [1.82, 2.24) is 15.5 Å². The Hall–Kier alpha value is -3.41. The number of hydrogen-bond acceptors (Lipinski definition) is 8. The molecule has 11 nitrogen and oxygen atoms in total. The summed E-state index contributed by atoms with van der Waals surface area (Å²) in [4.78, 5) is 72.9. The van der Waals surface area contributed by atoms with E-state index in [1.165, 1.54) is 16.7 Å². The van der Waals surface area contributed by atoms with Gasteiger partial charge in [-0.1, -0.05) is 32.4 Å². The van der Waals surface area contributed by atoms with Gasteiger partial charge in [0.1, 0.15) is 12.6 Å². The molecule has 0 spiro atoms. The van der Waals surface area contributed by atoms with E-state index in [1.54, 1.807) is 38.1 Å². The monoisotopic (exact) mass is 548 g/mol. The van der Waals surface area contributed by atoms with Crippen LogP contribution < -0.4 is 16.0 Å². The first-order valence-electron chi connectivity index (χ1n) is 12.5. The van der Waals surface area contributed by atoms with E-state index in [-0.39, 0.29) is 54.9 Å². The summed E-state index contributed by atoms with van der Waals surface area (Å²) in [5.41, 5.74) is 1.29. The van der Waals surface area contributed by atoms with Crippen LogP contribution in [-0.4, -0.2) is 71.5 Å². The SMILES string of the molecule is CSC1CC(=O)N(CCCCCC(=O)NC(C(=O)NCC(=O)Nc2ccc(COC=O)cc2)C(C)C)C1=O. The third kappa shape index (κ3) is 9.81. The normalized spacial score (nSPS) is 15.8. The number of ether oxygens (including phenoxy) is 1. The number of hydrogen-bond donors (Lipinski definition) is 3. The van der Waals surface area contributed by atoms with Gasteiger partial charge in [0, 0.05) is 25.1 Å². The second-order valence-corrected chi connectivity index (χ2v) is 10.3. The highest BCUT2D eigenvalue weighted by Crippen LogP contribution is 2.23. The zero-order valence-electron chi connectivity index (χ0n) is 22.0. The van der Waals surface area contributed by atoms with Crippen LogP contribution in [0.3, 0.4) is 0 Å². The number of imide groups is 1. The van der Waals surface area contributed by atoms with Gasteiger partial charge in [0.25, 0.3) is 6.47 Å². The summed E-state index contributed by atoms with van der Waals surface area (Å²) in [5.74, 6) is -1.65. The van der Waals surface area contributed by atoms with Crippen molar-refractivity contribution >= 4 is 53.5 Å². The fourth-order valence-corrected chi connectivity index (χ4v) is 4.52. The summed E-state index contributed by atoms with van der Waals surface area (Å²) in [7, 11) is 0. The molecule has 1 aliphatic heterocycles. The van der Waals surface area contributed by atoms with Crippen LogP contribution >= 0.6 is 11.8 Å². The molecule has 1 aliphatic rings. The number of rotatable bonds is 16. The molecular weight excluding hydrogens is 512 g/mol. The Balaban J connectivity index is 1.69. The van der Waals surface area contributed by atoms with Crippen LogP contribution in [0.4, 0.5) is 5.69 Å². The Morgan fingerprint density at radius 3 is 2.42 bits per heavy atom. The lowest BCUT2D eigenvalue weighted by molar-refractivity contribution is -0.138. The minimum Gasteiger partial charge on any atom is -0.463 e. The molecule has 12 heteroatoms. The van der Waals surface area contributed by atoms with Crippen molar-refractivity contribution in [2.45, 2.75) is 63.9 Å². The number of anilines is 1. The molecule has 208 valence electrons. The van der Waals surface area contributed by atoms with Gasteiger partial charge in [0.05, 0.1) is 11.8 Å². The van der Waals surface area contributed by atoms with E-state index < -0.39 is 17.9 Å². The van der Waals surface area contributed by atoms with Crippen molar-refractivity contribution in [3.8, 4) is 0 Å². The van der Waals surface area contributed by atoms with Gasteiger partial charge in [-0.2, -0.15) is 11.8 Å². The van der Waals surface area contributed by atoms with Gasteiger partial charge in [0.2, 0.25) is 29.5 Å². The third-order valence-corrected chi connectivity index (χ3v) is 6.95. The van der Waals surface area contributed by atoms with Gasteiger partial charge in [0.15, 0.2) is 0 Å². The first kappa shape index (κ1) is 30.8. The fourth-order valence-electron chi connectivity index (χ4n) is 3.88. The number of thioether (sulfide) groups is 1. The van der Waals surface area contributed by atoms with Crippen LogP contribution in [0.15, 0.2) is 24.3 Å². The van der Waals surface area contributed by atoms with Crippen LogP contribution in [0, 0.1) is 5.92 Å². The van der Waals surface area contributed by atoms with Gasteiger partial charge in [-0.15, -0.1) is 0 Å². The quantitative estimate of drug-likeness (QED) is 0.160. The minimum absolute atomic E-state index is 0.134. The van der Waals surface area contributed by atoms with Crippen molar-refractivity contribution < 1.29 is 33.5 Å². The minimum atomic E-state index is -0.796. The van der Waals surface area contributed by atoms with E-state index in [0.29, 0.717) is 38.0 Å². The van der Waals surface area contributed by atoms with Gasteiger partial charge in [-0.05, 0) is 42.7 Å². The molecule has 2 rings (SSSR count). The number of likely N-dealkylation sites (tertiary alicyclic amines) is 1. The molecule has 38 heavy (non-hydrogen) atoms. The lowest BCUT2D eigenvalue weighted by Crippen LogP contribution is -2.51. The molecule has 1 heterocycles. The van der Waals surface area contributed by atoms with Crippen molar-refractivity contribution in [3.63, 3.8) is 0 Å². The molecule has 1 fully saturated rings. The predicted octanol–water partition coefficient (Wildman–Crippen LogP) is 1.61. The second kappa shape index (κ2) is 15.8. The Kier molecular flexibility index (Phi) is 12.8. The number of amides is 5. The summed E-state index contributed by atoms with van der Waals surface area (Å²) in [6.45, 7) is 4.18. The number of nitrogens with one attached hydrogen (secondary N) is 3. The highest BCUT2D eigenvalue weighted by atomic mass is 32.2. The van der Waals surface area contributed by atoms with Crippen LogP contribution in [0.2, 0.25) is 0 Å². The van der Waals surface area contributed by atoms with Gasteiger partial charge >= 0.3 is 0 Å². The molecular formula is C26H36N4O7S. The molecule has 0 radical (unpaired) electrons. The van der Waals surface area contributed by atoms with Crippen molar-refractivity contribution in [3.05, 3.63) is 29.8 Å². The number of nitrogens with zero attached hydrogens (tertiary/aromatic N) is 1. The summed E-state index contributed by atoms with van der Waals surface area (Å²) in [6.07, 6.45) is 4.11. The van der Waals surface area contributed by atoms with Crippen molar-refractivity contribution in [1.29, 1.82) is 0 Å². The maximum Gasteiger partial charge on any atom is 0.293 e. The van der Waals surface area contributed by atoms with Gasteiger partial charge in [-0.25, -0.2) is 0 Å². The molecule has 0 aromatic heterocycles. The first-order valence-corrected chi connectivity index (χ1v) is 13.8. The maximum atomic E-state index is 12.6. The summed E-state index contributed by atoms with van der Waals surface area (Å²) in [6, 6.07) is 5.92. The molecule has 1 aromatic rings. The van der Waals surface area contributed by atoms with Crippen molar-refractivity contribution in [2.75, 3.05) is 24.7 Å². The van der Waals surface area contributed by atoms with E-state index in [4.69, 9.17) is 0 Å². The topological polar surface area (TPSA) is 151 Å². The lowest BCUT2D eigenvalue weighted by atomic mass is 10.0. The summed E-state index contributed by atoms with van der Waals surface area (Å²) < 4.78 is 4.67. The standard InChI is InChI=1S/C26H36N4O7S/c1-17(2)24(25(35)27-14-22(33)28-19-10-8-18(9-11-19)15-37-16-31)29-21(32)7-5-4-6-12-30-23(34)13-20(38-3)26(30)36/h8-11,16-17,20,24H,4-7,12-15H2,1-3H3,(H,27,35)(H,28,33)(H,29,32). The van der Waals surface area contributed by atoms with Gasteiger partial charge < -0.3 is 20.7 Å². The molecule has 0 aliphatic carbocycles. The van der Waals surface area contributed by atoms with E-state index in [0.717, 1.165) is 5.56 Å². The van der Waals surface area contributed by atoms with Crippen LogP contribution in [-0.2, 0) is 40.1 Å². The average Bonchev–Trinajstić information content (AvgIpc) is 3.17. The zero-order valence-corrected chi connectivity index (χ0v) is 22.8. The van der Waals surface area contributed by atoms with Crippen LogP contribution in [0.25, 0.3) is 0 Å². The molecule has 2 unspecified atom stereocenters. The van der Waals surface area contributed by atoms with E-state index in [9.17, 15) is 28.8 Å². The molecule has 3 N–H and O–H groups in total. The maximum absolute atomic E-state index is 12.6. The number of carbonyl (C=O) groups is 6. The number of unbranched alkanes of at least 4 members (excludes halogenated alkanes) is 2. The molecule has 2 atom stereocenters. The molecule has 0 saturated carbocycles. The molecule has 5 amide bonds. The highest BCUT2D eigenvalue weighted by molar-refractivity contribution is 8.00.